The van der Waals surface area contributed by atoms with Crippen LogP contribution in [0.2, 0.25) is 0 Å². The number of anilines is 2. The van der Waals surface area contributed by atoms with Crippen LogP contribution in [-0.4, -0.2) is 22.0 Å². The zero-order chi connectivity index (χ0) is 15.4. The summed E-state index contributed by atoms with van der Waals surface area (Å²) in [5.74, 6) is -0.273. The van der Waals surface area contributed by atoms with Gasteiger partial charge in [0.2, 0.25) is 11.8 Å². The Morgan fingerprint density at radius 1 is 1.19 bits per heavy atom. The Balaban J connectivity index is 2.04. The third-order valence-electron chi connectivity index (χ3n) is 3.08. The molecule has 110 valence electrons. The fraction of sp³-hybridized carbons (Fsp3) is 0.267. The van der Waals surface area contributed by atoms with Crippen molar-refractivity contribution in [3.8, 4) is 0 Å². The van der Waals surface area contributed by atoms with E-state index >= 15 is 0 Å². The monoisotopic (exact) mass is 286 g/mol. The fourth-order valence-electron chi connectivity index (χ4n) is 2.08. The lowest BCUT2D eigenvalue weighted by atomic mass is 10.1. The Labute approximate surface area is 122 Å². The van der Waals surface area contributed by atoms with Crippen LogP contribution in [0.25, 0.3) is 0 Å². The van der Waals surface area contributed by atoms with Gasteiger partial charge in [-0.1, -0.05) is 6.07 Å². The van der Waals surface area contributed by atoms with Crippen molar-refractivity contribution in [3.05, 3.63) is 41.2 Å². The normalized spacial score (nSPS) is 10.2. The Bertz CT molecular complexity index is 657. The van der Waals surface area contributed by atoms with Crippen molar-refractivity contribution in [2.45, 2.75) is 27.2 Å². The van der Waals surface area contributed by atoms with Crippen molar-refractivity contribution in [3.63, 3.8) is 0 Å². The second kappa shape index (κ2) is 6.21. The Hall–Kier alpha value is -2.63. The van der Waals surface area contributed by atoms with Crippen LogP contribution in [0.5, 0.6) is 0 Å². The van der Waals surface area contributed by atoms with Crippen molar-refractivity contribution in [1.82, 2.24) is 10.2 Å². The molecule has 0 aliphatic carbocycles. The van der Waals surface area contributed by atoms with E-state index < -0.39 is 0 Å². The molecule has 0 saturated carbocycles. The molecule has 2 rings (SSSR count). The molecule has 1 aromatic carbocycles. The summed E-state index contributed by atoms with van der Waals surface area (Å²) in [7, 11) is 0. The third kappa shape index (κ3) is 3.92. The number of nitrogens with zero attached hydrogens (tertiary/aromatic N) is 1. The molecule has 0 bridgehead atoms. The van der Waals surface area contributed by atoms with Gasteiger partial charge in [-0.3, -0.25) is 14.7 Å². The highest BCUT2D eigenvalue weighted by Crippen LogP contribution is 2.16. The van der Waals surface area contributed by atoms with Crippen molar-refractivity contribution >= 4 is 23.2 Å². The van der Waals surface area contributed by atoms with Crippen molar-refractivity contribution in [2.75, 3.05) is 10.6 Å². The van der Waals surface area contributed by atoms with E-state index in [1.807, 2.05) is 13.8 Å². The molecule has 2 aromatic rings. The first kappa shape index (κ1) is 14.8. The number of aryl methyl sites for hydroxylation is 2. The summed E-state index contributed by atoms with van der Waals surface area (Å²) < 4.78 is 0. The van der Waals surface area contributed by atoms with Crippen LogP contribution in [0, 0.1) is 13.8 Å². The molecule has 1 aromatic heterocycles. The molecule has 0 unspecified atom stereocenters. The Kier molecular flexibility index (Phi) is 4.37. The molecule has 0 radical (unpaired) electrons. The van der Waals surface area contributed by atoms with Crippen molar-refractivity contribution in [1.29, 1.82) is 0 Å². The standard InChI is InChI=1S/C15H18N4O2/c1-9-14(10(2)19-18-9)8-15(21)17-13-6-4-5-12(7-13)16-11(3)20/h4-7H,8H2,1-3H3,(H,16,20)(H,17,21)(H,18,19). The molecule has 0 saturated heterocycles. The zero-order valence-electron chi connectivity index (χ0n) is 12.3. The maximum absolute atomic E-state index is 12.1. The Morgan fingerprint density at radius 2 is 1.86 bits per heavy atom. The van der Waals surface area contributed by atoms with Gasteiger partial charge in [-0.2, -0.15) is 5.10 Å². The topological polar surface area (TPSA) is 86.9 Å². The van der Waals surface area contributed by atoms with Crippen LogP contribution < -0.4 is 10.6 Å². The molecular formula is C15H18N4O2. The molecule has 6 nitrogen and oxygen atoms in total. The number of hydrogen-bond donors (Lipinski definition) is 3. The maximum atomic E-state index is 12.1. The molecule has 1 heterocycles. The zero-order valence-corrected chi connectivity index (χ0v) is 12.3. The number of aromatic amines is 1. The lowest BCUT2D eigenvalue weighted by Gasteiger charge is -2.08. The first-order valence-electron chi connectivity index (χ1n) is 6.63. The van der Waals surface area contributed by atoms with E-state index in [1.54, 1.807) is 24.3 Å². The van der Waals surface area contributed by atoms with Gasteiger partial charge in [-0.05, 0) is 32.0 Å². The molecule has 0 aliphatic heterocycles. The average Bonchev–Trinajstić information content (AvgIpc) is 2.70. The number of carbonyl (C=O) groups excluding carboxylic acids is 2. The Morgan fingerprint density at radius 3 is 2.43 bits per heavy atom. The van der Waals surface area contributed by atoms with Gasteiger partial charge < -0.3 is 10.6 Å². The molecule has 6 heteroatoms. The molecule has 3 N–H and O–H groups in total. The number of benzene rings is 1. The van der Waals surface area contributed by atoms with Crippen LogP contribution in [-0.2, 0) is 16.0 Å². The number of carbonyl (C=O) groups is 2. The second-order valence-corrected chi connectivity index (χ2v) is 4.90. The van der Waals surface area contributed by atoms with E-state index in [9.17, 15) is 9.59 Å². The second-order valence-electron chi connectivity index (χ2n) is 4.90. The smallest absolute Gasteiger partial charge is 0.228 e. The molecule has 21 heavy (non-hydrogen) atoms. The minimum absolute atomic E-state index is 0.123. The molecule has 0 fully saturated rings. The van der Waals surface area contributed by atoms with Crippen LogP contribution in [0.3, 0.4) is 0 Å². The van der Waals surface area contributed by atoms with E-state index in [0.29, 0.717) is 11.4 Å². The van der Waals surface area contributed by atoms with E-state index in [4.69, 9.17) is 0 Å². The summed E-state index contributed by atoms with van der Waals surface area (Å²) in [6, 6.07) is 7.03. The third-order valence-corrected chi connectivity index (χ3v) is 3.08. The largest absolute Gasteiger partial charge is 0.326 e. The summed E-state index contributed by atoms with van der Waals surface area (Å²) >= 11 is 0. The number of rotatable bonds is 4. The number of aromatic nitrogens is 2. The molecule has 2 amide bonds. The van der Waals surface area contributed by atoms with E-state index in [2.05, 4.69) is 20.8 Å². The highest BCUT2D eigenvalue weighted by molar-refractivity contribution is 5.94. The fourth-order valence-corrected chi connectivity index (χ4v) is 2.08. The number of hydrogen-bond acceptors (Lipinski definition) is 3. The van der Waals surface area contributed by atoms with Gasteiger partial charge in [0.25, 0.3) is 0 Å². The molecular weight excluding hydrogens is 268 g/mol. The summed E-state index contributed by atoms with van der Waals surface area (Å²) in [5, 5.41) is 12.4. The summed E-state index contributed by atoms with van der Waals surface area (Å²) in [6.07, 6.45) is 0.262. The SMILES string of the molecule is CC(=O)Nc1cccc(NC(=O)Cc2c(C)n[nH]c2C)c1. The number of H-pyrrole nitrogens is 1. The van der Waals surface area contributed by atoms with Gasteiger partial charge in [0.1, 0.15) is 0 Å². The van der Waals surface area contributed by atoms with E-state index in [0.717, 1.165) is 17.0 Å². The molecule has 0 atom stereocenters. The summed E-state index contributed by atoms with van der Waals surface area (Å²) in [6.45, 7) is 5.19. The average molecular weight is 286 g/mol. The lowest BCUT2D eigenvalue weighted by Crippen LogP contribution is -2.15. The van der Waals surface area contributed by atoms with Crippen LogP contribution in [0.15, 0.2) is 24.3 Å². The van der Waals surface area contributed by atoms with Crippen molar-refractivity contribution < 1.29 is 9.59 Å². The quantitative estimate of drug-likeness (QED) is 0.805. The number of amides is 2. The van der Waals surface area contributed by atoms with Gasteiger partial charge in [0.05, 0.1) is 12.1 Å². The molecule has 0 spiro atoms. The summed E-state index contributed by atoms with van der Waals surface area (Å²) in [5.41, 5.74) is 3.93. The van der Waals surface area contributed by atoms with Crippen LogP contribution in [0.1, 0.15) is 23.9 Å². The van der Waals surface area contributed by atoms with E-state index in [1.165, 1.54) is 6.92 Å². The predicted octanol–water partition coefficient (Wildman–Crippen LogP) is 2.17. The summed E-state index contributed by atoms with van der Waals surface area (Å²) in [4.78, 5) is 23.1. The minimum atomic E-state index is -0.150. The van der Waals surface area contributed by atoms with Gasteiger partial charge in [-0.15, -0.1) is 0 Å². The van der Waals surface area contributed by atoms with Gasteiger partial charge >= 0.3 is 0 Å². The first-order valence-corrected chi connectivity index (χ1v) is 6.63. The first-order chi connectivity index (χ1) is 9.95. The maximum Gasteiger partial charge on any atom is 0.228 e. The highest BCUT2D eigenvalue weighted by atomic mass is 16.2. The van der Waals surface area contributed by atoms with Crippen LogP contribution >= 0.6 is 0 Å². The highest BCUT2D eigenvalue weighted by Gasteiger charge is 2.11. The van der Waals surface area contributed by atoms with Crippen molar-refractivity contribution in [2.24, 2.45) is 0 Å². The minimum Gasteiger partial charge on any atom is -0.326 e. The van der Waals surface area contributed by atoms with E-state index in [-0.39, 0.29) is 18.2 Å². The molecule has 0 aliphatic rings. The van der Waals surface area contributed by atoms with Gasteiger partial charge in [-0.25, -0.2) is 0 Å². The van der Waals surface area contributed by atoms with Crippen LogP contribution in [0.4, 0.5) is 11.4 Å². The van der Waals surface area contributed by atoms with Gasteiger partial charge in [0.15, 0.2) is 0 Å². The lowest BCUT2D eigenvalue weighted by molar-refractivity contribution is -0.116. The van der Waals surface area contributed by atoms with Gasteiger partial charge in [0, 0.05) is 29.6 Å². The number of nitrogens with one attached hydrogen (secondary N) is 3. The predicted molar refractivity (Wildman–Crippen MR) is 81.1 cm³/mol.